The number of alkyl halides is 3. The van der Waals surface area contributed by atoms with Crippen molar-refractivity contribution >= 4 is 27.1 Å². The van der Waals surface area contributed by atoms with Crippen LogP contribution in [-0.4, -0.2) is 60.7 Å². The third-order valence-corrected chi connectivity index (χ3v) is 9.17. The molecular formula is C27H29ClF4N4O3S. The molecule has 2 N–H and O–H groups in total. The van der Waals surface area contributed by atoms with Gasteiger partial charge in [-0.15, -0.1) is 0 Å². The number of hydrogen-bond donors (Lipinski definition) is 2. The molecule has 7 nitrogen and oxygen atoms in total. The molecule has 3 aromatic rings. The van der Waals surface area contributed by atoms with Gasteiger partial charge in [0.15, 0.2) is 9.84 Å². The predicted molar refractivity (Wildman–Crippen MR) is 143 cm³/mol. The van der Waals surface area contributed by atoms with Crippen LogP contribution < -0.4 is 5.32 Å². The largest absolute Gasteiger partial charge is 0.416 e. The Bertz CT molecular complexity index is 1430. The number of nitrogens with zero attached hydrogens (tertiary/aromatic N) is 3. The summed E-state index contributed by atoms with van der Waals surface area (Å²) in [6.07, 6.45) is -0.285. The van der Waals surface area contributed by atoms with Gasteiger partial charge in [0.1, 0.15) is 17.0 Å². The van der Waals surface area contributed by atoms with E-state index in [1.807, 2.05) is 4.90 Å². The second-order valence-corrected chi connectivity index (χ2v) is 12.2. The van der Waals surface area contributed by atoms with Gasteiger partial charge < -0.3 is 10.4 Å². The van der Waals surface area contributed by atoms with Crippen LogP contribution >= 0.6 is 11.6 Å². The maximum absolute atomic E-state index is 15.1. The number of rotatable bonds is 9. The Balaban J connectivity index is 1.56. The first-order chi connectivity index (χ1) is 18.9. The van der Waals surface area contributed by atoms with Crippen LogP contribution in [0, 0.1) is 5.82 Å². The van der Waals surface area contributed by atoms with Crippen molar-refractivity contribution in [3.8, 4) is 0 Å². The van der Waals surface area contributed by atoms with E-state index in [1.165, 1.54) is 30.7 Å². The highest BCUT2D eigenvalue weighted by Gasteiger charge is 2.36. The molecule has 0 saturated heterocycles. The number of nitrogens with one attached hydrogen (secondary N) is 1. The van der Waals surface area contributed by atoms with Gasteiger partial charge in [0.05, 0.1) is 34.3 Å². The highest BCUT2D eigenvalue weighted by Crippen LogP contribution is 2.39. The lowest BCUT2D eigenvalue weighted by molar-refractivity contribution is -0.137. The van der Waals surface area contributed by atoms with Crippen LogP contribution in [0.1, 0.15) is 42.0 Å². The van der Waals surface area contributed by atoms with Gasteiger partial charge in [0.2, 0.25) is 0 Å². The Kier molecular flexibility index (Phi) is 9.33. The summed E-state index contributed by atoms with van der Waals surface area (Å²) in [6, 6.07) is 8.30. The zero-order valence-corrected chi connectivity index (χ0v) is 23.1. The molecule has 4 rings (SSSR count). The van der Waals surface area contributed by atoms with Crippen LogP contribution in [0.25, 0.3) is 0 Å². The van der Waals surface area contributed by atoms with Gasteiger partial charge in [-0.05, 0) is 62.1 Å². The van der Waals surface area contributed by atoms with Crippen LogP contribution in [0.3, 0.4) is 0 Å². The number of benzene rings is 2. The van der Waals surface area contributed by atoms with Crippen molar-refractivity contribution in [3.05, 3.63) is 82.6 Å². The van der Waals surface area contributed by atoms with E-state index < -0.39 is 38.0 Å². The molecule has 1 saturated carbocycles. The van der Waals surface area contributed by atoms with Crippen molar-refractivity contribution in [2.75, 3.05) is 25.5 Å². The molecule has 1 aliphatic rings. The van der Waals surface area contributed by atoms with Crippen LogP contribution in [0.5, 0.6) is 0 Å². The number of aliphatic hydroxyl groups is 1. The number of anilines is 1. The maximum atomic E-state index is 15.1. The van der Waals surface area contributed by atoms with E-state index in [2.05, 4.69) is 15.3 Å². The van der Waals surface area contributed by atoms with Crippen molar-refractivity contribution < 1.29 is 31.1 Å². The highest BCUT2D eigenvalue weighted by molar-refractivity contribution is 7.90. The molecule has 0 bridgehead atoms. The molecule has 0 aliphatic heterocycles. The van der Waals surface area contributed by atoms with Gasteiger partial charge >= 0.3 is 6.18 Å². The molecule has 0 amide bonds. The quantitative estimate of drug-likeness (QED) is 0.322. The first kappa shape index (κ1) is 30.2. The van der Waals surface area contributed by atoms with Gasteiger partial charge in [-0.25, -0.2) is 22.8 Å². The van der Waals surface area contributed by atoms with Crippen molar-refractivity contribution in [1.29, 1.82) is 0 Å². The molecule has 2 aromatic carbocycles. The van der Waals surface area contributed by atoms with Crippen molar-refractivity contribution in [2.24, 2.45) is 0 Å². The molecule has 216 valence electrons. The molecule has 1 fully saturated rings. The fourth-order valence-corrected chi connectivity index (χ4v) is 6.80. The SMILES string of the molecule is CN(CCO)[C@H]1C[C@@H](c2cccc(C(F)(F)F)c2)CC[C@@H]1Nc1cc(F)c(S(=O)(=O)Cc2ccncn2)cc1Cl. The third kappa shape index (κ3) is 7.09. The monoisotopic (exact) mass is 600 g/mol. The normalized spacial score (nSPS) is 20.1. The Labute approximate surface area is 235 Å². The topological polar surface area (TPSA) is 95.4 Å². The second-order valence-electron chi connectivity index (χ2n) is 9.88. The van der Waals surface area contributed by atoms with Crippen molar-refractivity contribution in [3.63, 3.8) is 0 Å². The molecule has 13 heteroatoms. The molecular weight excluding hydrogens is 572 g/mol. The van der Waals surface area contributed by atoms with Crippen LogP contribution in [-0.2, 0) is 21.8 Å². The van der Waals surface area contributed by atoms with E-state index in [-0.39, 0.29) is 41.0 Å². The molecule has 0 spiro atoms. The summed E-state index contributed by atoms with van der Waals surface area (Å²) in [5.41, 5.74) is 0.283. The lowest BCUT2D eigenvalue weighted by Gasteiger charge is -2.42. The lowest BCUT2D eigenvalue weighted by atomic mass is 9.77. The van der Waals surface area contributed by atoms with Crippen LogP contribution in [0.15, 0.2) is 59.9 Å². The molecule has 0 unspecified atom stereocenters. The van der Waals surface area contributed by atoms with Gasteiger partial charge in [-0.3, -0.25) is 4.90 Å². The fourth-order valence-electron chi connectivity index (χ4n) is 5.15. The number of likely N-dealkylation sites (N-methyl/N-ethyl adjacent to an activating group) is 1. The molecule has 1 aromatic heterocycles. The summed E-state index contributed by atoms with van der Waals surface area (Å²) in [7, 11) is -2.29. The lowest BCUT2D eigenvalue weighted by Crippen LogP contribution is -2.49. The van der Waals surface area contributed by atoms with Crippen molar-refractivity contribution in [1.82, 2.24) is 14.9 Å². The molecule has 1 aliphatic carbocycles. The van der Waals surface area contributed by atoms with E-state index in [4.69, 9.17) is 11.6 Å². The van der Waals surface area contributed by atoms with E-state index in [0.29, 0.717) is 31.4 Å². The van der Waals surface area contributed by atoms with Gasteiger partial charge in [-0.1, -0.05) is 29.8 Å². The van der Waals surface area contributed by atoms with Crippen molar-refractivity contribution in [2.45, 2.75) is 54.1 Å². The van der Waals surface area contributed by atoms with E-state index >= 15 is 4.39 Å². The average Bonchev–Trinajstić information content (AvgIpc) is 2.90. The van der Waals surface area contributed by atoms with Gasteiger partial charge in [0, 0.05) is 24.8 Å². The first-order valence-electron chi connectivity index (χ1n) is 12.6. The Morgan fingerprint density at radius 1 is 1.18 bits per heavy atom. The minimum Gasteiger partial charge on any atom is -0.395 e. The number of aromatic nitrogens is 2. The number of sulfone groups is 1. The third-order valence-electron chi connectivity index (χ3n) is 7.20. The van der Waals surface area contributed by atoms with E-state index in [1.54, 1.807) is 13.1 Å². The standard InChI is InChI=1S/C27H29ClF4N4O3S/c1-36(9-10-37)25-12-18(17-3-2-4-19(11-17)27(30,31)32)5-6-23(25)35-24-14-22(29)26(13-21(24)28)40(38,39)15-20-7-8-33-16-34-20/h2-4,7-8,11,13-14,16,18,23,25,35,37H,5-6,9-10,12,15H2,1H3/t18-,23-,25-/m0/s1. The Morgan fingerprint density at radius 2 is 1.95 bits per heavy atom. The number of halogens is 5. The molecule has 0 radical (unpaired) electrons. The van der Waals surface area contributed by atoms with Crippen LogP contribution in [0.4, 0.5) is 23.2 Å². The minimum absolute atomic E-state index is 0.00576. The van der Waals surface area contributed by atoms with Crippen LogP contribution in [0.2, 0.25) is 5.02 Å². The summed E-state index contributed by atoms with van der Waals surface area (Å²) < 4.78 is 80.7. The zero-order valence-electron chi connectivity index (χ0n) is 21.6. The number of hydrogen-bond acceptors (Lipinski definition) is 7. The average molecular weight is 601 g/mol. The summed E-state index contributed by atoms with van der Waals surface area (Å²) in [4.78, 5) is 8.98. The molecule has 3 atom stereocenters. The summed E-state index contributed by atoms with van der Waals surface area (Å²) in [5.74, 6) is -1.66. The summed E-state index contributed by atoms with van der Waals surface area (Å²) >= 11 is 6.42. The highest BCUT2D eigenvalue weighted by atomic mass is 35.5. The summed E-state index contributed by atoms with van der Waals surface area (Å²) in [5, 5.41) is 12.8. The Hall–Kier alpha value is -2.80. The maximum Gasteiger partial charge on any atom is 0.416 e. The molecule has 40 heavy (non-hydrogen) atoms. The number of aliphatic hydroxyl groups excluding tert-OH is 1. The summed E-state index contributed by atoms with van der Waals surface area (Å²) in [6.45, 7) is 0.197. The smallest absolute Gasteiger partial charge is 0.395 e. The Morgan fingerprint density at radius 3 is 2.62 bits per heavy atom. The van der Waals surface area contributed by atoms with E-state index in [9.17, 15) is 26.7 Å². The second kappa shape index (κ2) is 12.4. The van der Waals surface area contributed by atoms with E-state index in [0.717, 1.165) is 18.2 Å². The van der Waals surface area contributed by atoms with Gasteiger partial charge in [0.25, 0.3) is 0 Å². The van der Waals surface area contributed by atoms with Gasteiger partial charge in [-0.2, -0.15) is 13.2 Å². The first-order valence-corrected chi connectivity index (χ1v) is 14.6. The fraction of sp³-hybridized carbons (Fsp3) is 0.407. The predicted octanol–water partition coefficient (Wildman–Crippen LogP) is 5.30. The minimum atomic E-state index is -4.45. The molecule has 1 heterocycles. The zero-order chi connectivity index (χ0) is 29.1.